The number of nitrogens with one attached hydrogen (secondary N) is 3. The first-order chi connectivity index (χ1) is 11.2. The largest absolute Gasteiger partial charge is 0.350 e. The molecule has 1 heterocycles. The van der Waals surface area contributed by atoms with Gasteiger partial charge in [-0.15, -0.1) is 0 Å². The first-order valence-corrected chi connectivity index (χ1v) is 9.75. The van der Waals surface area contributed by atoms with Crippen molar-refractivity contribution in [3.63, 3.8) is 0 Å². The molecule has 3 N–H and O–H groups in total. The van der Waals surface area contributed by atoms with Gasteiger partial charge in [0.25, 0.3) is 0 Å². The number of rotatable bonds is 5. The fourth-order valence-electron chi connectivity index (χ4n) is 2.34. The van der Waals surface area contributed by atoms with Gasteiger partial charge >= 0.3 is 6.03 Å². The number of hydrogen-bond donors (Lipinski definition) is 3. The molecule has 2 rings (SSSR count). The number of halogens is 1. The van der Waals surface area contributed by atoms with Crippen LogP contribution in [0.5, 0.6) is 0 Å². The molecule has 1 aromatic carbocycles. The highest BCUT2D eigenvalue weighted by molar-refractivity contribution is 7.91. The molecule has 0 bridgehead atoms. The van der Waals surface area contributed by atoms with Crippen molar-refractivity contribution in [3.05, 3.63) is 34.9 Å². The van der Waals surface area contributed by atoms with Gasteiger partial charge in [-0.25, -0.2) is 13.2 Å². The molecular weight excluding hydrogens is 354 g/mol. The molecule has 0 radical (unpaired) electrons. The van der Waals surface area contributed by atoms with Gasteiger partial charge in [0, 0.05) is 17.6 Å². The quantitative estimate of drug-likeness (QED) is 0.711. The summed E-state index contributed by atoms with van der Waals surface area (Å²) in [7, 11) is -3.06. The van der Waals surface area contributed by atoms with Crippen LogP contribution in [0.25, 0.3) is 0 Å². The van der Waals surface area contributed by atoms with E-state index >= 15 is 0 Å². The Morgan fingerprint density at radius 3 is 2.54 bits per heavy atom. The minimum Gasteiger partial charge on any atom is -0.350 e. The molecule has 9 heteroatoms. The maximum atomic E-state index is 12.0. The number of carbonyl (C=O) groups excluding carboxylic acids is 2. The fourth-order valence-corrected chi connectivity index (χ4v) is 4.14. The third-order valence-electron chi connectivity index (χ3n) is 3.69. The van der Waals surface area contributed by atoms with Gasteiger partial charge < -0.3 is 16.0 Å². The van der Waals surface area contributed by atoms with E-state index in [1.807, 2.05) is 0 Å². The van der Waals surface area contributed by atoms with Crippen molar-refractivity contribution in [2.24, 2.45) is 0 Å². The zero-order valence-corrected chi connectivity index (χ0v) is 14.8. The average Bonchev–Trinajstić information content (AvgIpc) is 2.84. The molecule has 0 saturated carbocycles. The second kappa shape index (κ2) is 7.85. The standard InChI is InChI=1S/C15H20ClN3O4S/c1-10(14(20)17-8-11-2-4-12(16)5-3-11)18-15(21)19-13-6-7-24(22,23)9-13/h2-5,10,13H,6-9H2,1H3,(H,17,20)(H2,18,19,21)/t10-,13+/m0/s1. The van der Waals surface area contributed by atoms with Crippen molar-refractivity contribution >= 4 is 33.4 Å². The summed E-state index contributed by atoms with van der Waals surface area (Å²) in [4.78, 5) is 23.8. The molecule has 1 aliphatic heterocycles. The van der Waals surface area contributed by atoms with Crippen molar-refractivity contribution in [1.82, 2.24) is 16.0 Å². The maximum Gasteiger partial charge on any atom is 0.315 e. The summed E-state index contributed by atoms with van der Waals surface area (Å²) in [5.74, 6) is -0.314. The highest BCUT2D eigenvalue weighted by Crippen LogP contribution is 2.11. The van der Waals surface area contributed by atoms with Crippen molar-refractivity contribution < 1.29 is 18.0 Å². The number of carbonyl (C=O) groups is 2. The van der Waals surface area contributed by atoms with Crippen LogP contribution in [-0.2, 0) is 21.2 Å². The predicted octanol–water partition coefficient (Wildman–Crippen LogP) is 0.831. The van der Waals surface area contributed by atoms with Gasteiger partial charge in [-0.1, -0.05) is 23.7 Å². The smallest absolute Gasteiger partial charge is 0.315 e. The third-order valence-corrected chi connectivity index (χ3v) is 5.71. The first-order valence-electron chi connectivity index (χ1n) is 7.55. The lowest BCUT2D eigenvalue weighted by molar-refractivity contribution is -0.122. The Morgan fingerprint density at radius 1 is 1.29 bits per heavy atom. The van der Waals surface area contributed by atoms with Crippen LogP contribution >= 0.6 is 11.6 Å². The van der Waals surface area contributed by atoms with Crippen LogP contribution in [0.4, 0.5) is 4.79 Å². The van der Waals surface area contributed by atoms with E-state index in [-0.39, 0.29) is 17.4 Å². The van der Waals surface area contributed by atoms with Gasteiger partial charge in [-0.05, 0) is 31.0 Å². The van der Waals surface area contributed by atoms with Crippen molar-refractivity contribution in [2.75, 3.05) is 11.5 Å². The molecule has 0 spiro atoms. The summed E-state index contributed by atoms with van der Waals surface area (Å²) in [6.07, 6.45) is 0.396. The lowest BCUT2D eigenvalue weighted by atomic mass is 10.2. The molecule has 24 heavy (non-hydrogen) atoms. The van der Waals surface area contributed by atoms with Gasteiger partial charge in [0.05, 0.1) is 11.5 Å². The fraction of sp³-hybridized carbons (Fsp3) is 0.467. The Hall–Kier alpha value is -1.80. The minimum absolute atomic E-state index is 0.0580. The van der Waals surface area contributed by atoms with E-state index in [1.54, 1.807) is 31.2 Å². The Morgan fingerprint density at radius 2 is 1.96 bits per heavy atom. The van der Waals surface area contributed by atoms with E-state index in [9.17, 15) is 18.0 Å². The normalized spacial score (nSPS) is 20.2. The zero-order chi connectivity index (χ0) is 17.7. The molecule has 132 valence electrons. The van der Waals surface area contributed by atoms with Crippen LogP contribution in [0, 0.1) is 0 Å². The summed E-state index contributed by atoms with van der Waals surface area (Å²) in [5.41, 5.74) is 0.889. The Balaban J connectivity index is 1.74. The van der Waals surface area contributed by atoms with Crippen LogP contribution in [0.2, 0.25) is 5.02 Å². The zero-order valence-electron chi connectivity index (χ0n) is 13.2. The first kappa shape index (κ1) is 18.5. The number of hydrogen-bond acceptors (Lipinski definition) is 4. The minimum atomic E-state index is -3.06. The van der Waals surface area contributed by atoms with E-state index < -0.39 is 28.0 Å². The van der Waals surface area contributed by atoms with Gasteiger partial charge in [-0.3, -0.25) is 4.79 Å². The Labute approximate surface area is 146 Å². The van der Waals surface area contributed by atoms with Crippen molar-refractivity contribution in [2.45, 2.75) is 32.0 Å². The molecule has 1 saturated heterocycles. The monoisotopic (exact) mass is 373 g/mol. The number of urea groups is 1. The highest BCUT2D eigenvalue weighted by atomic mass is 35.5. The molecule has 0 aliphatic carbocycles. The van der Waals surface area contributed by atoms with E-state index in [0.29, 0.717) is 18.0 Å². The summed E-state index contributed by atoms with van der Waals surface area (Å²) >= 11 is 5.79. The molecule has 1 fully saturated rings. The lowest BCUT2D eigenvalue weighted by Crippen LogP contribution is -2.50. The van der Waals surface area contributed by atoms with Crippen LogP contribution in [0.3, 0.4) is 0 Å². The second-order valence-electron chi connectivity index (χ2n) is 5.78. The molecule has 1 aliphatic rings. The lowest BCUT2D eigenvalue weighted by Gasteiger charge is -2.17. The molecule has 0 aromatic heterocycles. The Kier molecular flexibility index (Phi) is 6.06. The number of sulfone groups is 1. The van der Waals surface area contributed by atoms with Gasteiger partial charge in [0.15, 0.2) is 9.84 Å². The molecule has 7 nitrogen and oxygen atoms in total. The van der Waals surface area contributed by atoms with Crippen molar-refractivity contribution in [3.8, 4) is 0 Å². The topological polar surface area (TPSA) is 104 Å². The third kappa shape index (κ3) is 5.68. The SMILES string of the molecule is C[C@H](NC(=O)N[C@@H]1CCS(=O)(=O)C1)C(=O)NCc1ccc(Cl)cc1. The number of amides is 3. The van der Waals surface area contributed by atoms with Crippen LogP contribution < -0.4 is 16.0 Å². The highest BCUT2D eigenvalue weighted by Gasteiger charge is 2.29. The summed E-state index contributed by atoms with van der Waals surface area (Å²) in [6.45, 7) is 1.88. The maximum absolute atomic E-state index is 12.0. The molecular formula is C15H20ClN3O4S. The summed E-state index contributed by atoms with van der Waals surface area (Å²) < 4.78 is 22.7. The average molecular weight is 374 g/mol. The van der Waals surface area contributed by atoms with Crippen LogP contribution in [0.1, 0.15) is 18.9 Å². The van der Waals surface area contributed by atoms with E-state index in [2.05, 4.69) is 16.0 Å². The summed E-state index contributed by atoms with van der Waals surface area (Å²) in [6, 6.07) is 5.37. The molecule has 2 atom stereocenters. The van der Waals surface area contributed by atoms with Crippen LogP contribution in [0.15, 0.2) is 24.3 Å². The molecule has 3 amide bonds. The van der Waals surface area contributed by atoms with Gasteiger partial charge in [0.1, 0.15) is 6.04 Å². The van der Waals surface area contributed by atoms with E-state index in [0.717, 1.165) is 5.56 Å². The number of benzene rings is 1. The van der Waals surface area contributed by atoms with Gasteiger partial charge in [-0.2, -0.15) is 0 Å². The molecule has 1 aromatic rings. The van der Waals surface area contributed by atoms with Crippen LogP contribution in [-0.4, -0.2) is 43.9 Å². The predicted molar refractivity (Wildman–Crippen MR) is 91.5 cm³/mol. The Bertz CT molecular complexity index is 706. The second-order valence-corrected chi connectivity index (χ2v) is 8.45. The molecule has 0 unspecified atom stereocenters. The summed E-state index contributed by atoms with van der Waals surface area (Å²) in [5, 5.41) is 8.40. The van der Waals surface area contributed by atoms with E-state index in [4.69, 9.17) is 11.6 Å². The van der Waals surface area contributed by atoms with Crippen molar-refractivity contribution in [1.29, 1.82) is 0 Å². The van der Waals surface area contributed by atoms with E-state index in [1.165, 1.54) is 0 Å². The van der Waals surface area contributed by atoms with Gasteiger partial charge in [0.2, 0.25) is 5.91 Å².